The van der Waals surface area contributed by atoms with E-state index in [-0.39, 0.29) is 47.8 Å². The van der Waals surface area contributed by atoms with Crippen molar-refractivity contribution in [3.63, 3.8) is 0 Å². The molecule has 2 aromatic carbocycles. The topological polar surface area (TPSA) is 206 Å². The second-order valence-electron chi connectivity index (χ2n) is 15.3. The zero-order valence-corrected chi connectivity index (χ0v) is 30.3. The Kier molecular flexibility index (Phi) is 8.94. The molecule has 5 aliphatic rings. The molecule has 9 N–H and O–H groups in total. The highest BCUT2D eigenvalue weighted by Gasteiger charge is 2.53. The third-order valence-corrected chi connectivity index (χ3v) is 14.2. The average Bonchev–Trinajstić information content (AvgIpc) is 3.76. The summed E-state index contributed by atoms with van der Waals surface area (Å²) in [6.45, 7) is 1.38. The highest BCUT2D eigenvalue weighted by molar-refractivity contribution is 8.76. The number of hydrogen-bond acceptors (Lipinski definition) is 12. The second kappa shape index (κ2) is 13.1. The summed E-state index contributed by atoms with van der Waals surface area (Å²) in [5.74, 6) is 0.986. The highest BCUT2D eigenvalue weighted by Crippen LogP contribution is 2.59. The zero-order valence-electron chi connectivity index (χ0n) is 28.7. The number of rotatable bonds is 6. The van der Waals surface area contributed by atoms with Crippen molar-refractivity contribution in [3.8, 4) is 11.5 Å². The smallest absolute Gasteiger partial charge is 0.200 e. The molecule has 2 fully saturated rings. The fourth-order valence-electron chi connectivity index (χ4n) is 9.33. The summed E-state index contributed by atoms with van der Waals surface area (Å²) in [5.41, 5.74) is 13.1. The van der Waals surface area contributed by atoms with Crippen LogP contribution in [0.5, 0.6) is 11.5 Å². The van der Waals surface area contributed by atoms with Gasteiger partial charge >= 0.3 is 0 Å². The number of nitrogens with two attached hydrogens (primary N) is 2. The van der Waals surface area contributed by atoms with Crippen molar-refractivity contribution >= 4 is 44.2 Å². The SMILES string of the molecule is CC1(O)CCCC2c3c(c4c5oc6c(c(=O)c5c3OC3CCCC3)C(c3ccc(NO)cc3)CCC6(O)CC(CO)(N=C(N)N)CSSC4)OC21. The number of benzene rings is 2. The van der Waals surface area contributed by atoms with E-state index < -0.39 is 35.4 Å². The predicted molar refractivity (Wildman–Crippen MR) is 198 cm³/mol. The van der Waals surface area contributed by atoms with Crippen LogP contribution in [0.2, 0.25) is 0 Å². The van der Waals surface area contributed by atoms with E-state index in [2.05, 4.69) is 10.5 Å². The van der Waals surface area contributed by atoms with Gasteiger partial charge in [0.25, 0.3) is 0 Å². The lowest BCUT2D eigenvalue weighted by Crippen LogP contribution is -2.47. The van der Waals surface area contributed by atoms with Crippen molar-refractivity contribution in [1.82, 2.24) is 0 Å². The van der Waals surface area contributed by atoms with Gasteiger partial charge in [-0.1, -0.05) is 33.7 Å². The molecule has 0 radical (unpaired) electrons. The minimum atomic E-state index is -1.72. The summed E-state index contributed by atoms with van der Waals surface area (Å²) < 4.78 is 20.7. The Labute approximate surface area is 303 Å². The fourth-order valence-corrected chi connectivity index (χ4v) is 11.9. The van der Waals surface area contributed by atoms with Crippen molar-refractivity contribution < 1.29 is 34.4 Å². The number of aliphatic hydroxyl groups excluding tert-OH is 1. The quantitative estimate of drug-likeness (QED) is 0.0762. The number of nitrogens with one attached hydrogen (secondary N) is 1. The molecule has 8 rings (SSSR count). The first kappa shape index (κ1) is 34.9. The van der Waals surface area contributed by atoms with Gasteiger partial charge in [0.1, 0.15) is 45.5 Å². The van der Waals surface area contributed by atoms with E-state index in [1.165, 1.54) is 21.6 Å². The summed E-state index contributed by atoms with van der Waals surface area (Å²) in [7, 11) is 2.97. The van der Waals surface area contributed by atoms with E-state index >= 15 is 4.79 Å². The van der Waals surface area contributed by atoms with Crippen molar-refractivity contribution in [2.75, 3.05) is 17.8 Å². The van der Waals surface area contributed by atoms with Gasteiger partial charge in [0, 0.05) is 46.5 Å². The van der Waals surface area contributed by atoms with Crippen LogP contribution in [0.25, 0.3) is 11.0 Å². The Balaban J connectivity index is 1.44. The molecule has 2 saturated carbocycles. The minimum Gasteiger partial charge on any atom is -0.489 e. The molecule has 3 aromatic rings. The van der Waals surface area contributed by atoms with Gasteiger partial charge in [0.05, 0.1) is 24.0 Å². The van der Waals surface area contributed by atoms with Crippen LogP contribution in [0.3, 0.4) is 0 Å². The van der Waals surface area contributed by atoms with Crippen molar-refractivity contribution in [1.29, 1.82) is 0 Å². The number of aliphatic hydroxyl groups is 3. The van der Waals surface area contributed by atoms with Crippen LogP contribution in [0.15, 0.2) is 38.5 Å². The molecule has 2 aliphatic heterocycles. The molecular formula is C37H46N4O8S2. The van der Waals surface area contributed by atoms with Crippen molar-refractivity contribution in [2.45, 2.75) is 118 Å². The third-order valence-electron chi connectivity index (χ3n) is 11.7. The fraction of sp³-hybridized carbons (Fsp3) is 0.568. The average molecular weight is 739 g/mol. The van der Waals surface area contributed by atoms with Crippen molar-refractivity contribution in [3.05, 3.63) is 62.5 Å². The van der Waals surface area contributed by atoms with Gasteiger partial charge in [-0.25, -0.2) is 4.99 Å². The lowest BCUT2D eigenvalue weighted by molar-refractivity contribution is -0.0727. The maximum absolute atomic E-state index is 15.5. The van der Waals surface area contributed by atoms with E-state index in [0.717, 1.165) is 49.7 Å². The molecular weight excluding hydrogens is 693 g/mol. The van der Waals surface area contributed by atoms with Gasteiger partial charge in [-0.05, 0) is 82.4 Å². The number of aliphatic imine (C=N–C) groups is 1. The normalized spacial score (nSPS) is 31.7. The Hall–Kier alpha value is -3.14. The Morgan fingerprint density at radius 2 is 1.82 bits per heavy atom. The third kappa shape index (κ3) is 5.86. The number of hydrogen-bond donors (Lipinski definition) is 7. The number of ether oxygens (including phenoxy) is 2. The standard InChI is InChI=1S/C37H46N4O8S2/c1-35(44)13-4-7-23-26-29(48-32(23)35)24-15-50-51-18-36(17-42,40-34(38)39)16-37(45)14-12-22(19-8-10-20(41-46)11-9-19)25-28(43)27(30(24)49-33(25)37)31(26)47-21-5-2-3-6-21/h8-11,21-23,32,41-42,44-46H,2-7,12-18H2,1H3,(H4,38,39,40). The largest absolute Gasteiger partial charge is 0.489 e. The molecule has 6 unspecified atom stereocenters. The van der Waals surface area contributed by atoms with E-state index in [1.807, 2.05) is 19.1 Å². The van der Waals surface area contributed by atoms with Gasteiger partial charge in [0.15, 0.2) is 5.96 Å². The molecule has 6 atom stereocenters. The van der Waals surface area contributed by atoms with Gasteiger partial charge in [-0.3, -0.25) is 15.5 Å². The minimum absolute atomic E-state index is 0.0789. The molecule has 0 saturated heterocycles. The number of fused-ring (bicyclic) bond motifs is 4. The van der Waals surface area contributed by atoms with Gasteiger partial charge in [-0.2, -0.15) is 0 Å². The van der Waals surface area contributed by atoms with Crippen LogP contribution in [-0.2, 0) is 11.4 Å². The molecule has 0 amide bonds. The summed E-state index contributed by atoms with van der Waals surface area (Å²) >= 11 is 0. The van der Waals surface area contributed by atoms with Crippen LogP contribution in [0.1, 0.15) is 111 Å². The first-order chi connectivity index (χ1) is 24.5. The Morgan fingerprint density at radius 3 is 2.53 bits per heavy atom. The summed E-state index contributed by atoms with van der Waals surface area (Å²) in [6, 6.07) is 7.17. The van der Waals surface area contributed by atoms with Crippen LogP contribution in [0, 0.1) is 0 Å². The molecule has 3 heterocycles. The maximum Gasteiger partial charge on any atom is 0.200 e. The summed E-state index contributed by atoms with van der Waals surface area (Å²) in [5, 5.41) is 45.0. The summed E-state index contributed by atoms with van der Waals surface area (Å²) in [4.78, 5) is 20.0. The predicted octanol–water partition coefficient (Wildman–Crippen LogP) is 5.10. The molecule has 3 aliphatic carbocycles. The first-order valence-corrected chi connectivity index (χ1v) is 20.4. The first-order valence-electron chi connectivity index (χ1n) is 17.9. The van der Waals surface area contributed by atoms with Crippen LogP contribution >= 0.6 is 21.6 Å². The van der Waals surface area contributed by atoms with Gasteiger partial charge in [0.2, 0.25) is 5.43 Å². The number of guanidine groups is 1. The summed E-state index contributed by atoms with van der Waals surface area (Å²) in [6.07, 6.45) is 5.90. The van der Waals surface area contributed by atoms with Crippen LogP contribution in [-0.4, -0.2) is 62.2 Å². The Morgan fingerprint density at radius 1 is 1.06 bits per heavy atom. The lowest BCUT2D eigenvalue weighted by Gasteiger charge is -2.41. The van der Waals surface area contributed by atoms with Gasteiger partial charge < -0.3 is 40.7 Å². The molecule has 0 spiro atoms. The maximum atomic E-state index is 15.5. The second-order valence-corrected chi connectivity index (χ2v) is 17.8. The molecule has 1 aromatic heterocycles. The van der Waals surface area contributed by atoms with Crippen LogP contribution in [0.4, 0.5) is 5.69 Å². The van der Waals surface area contributed by atoms with Gasteiger partial charge in [-0.15, -0.1) is 0 Å². The Bertz CT molecular complexity index is 1930. The van der Waals surface area contributed by atoms with Crippen LogP contribution < -0.4 is 31.8 Å². The number of nitrogens with zero attached hydrogens (tertiary/aromatic N) is 1. The highest BCUT2D eigenvalue weighted by atomic mass is 33.1. The molecule has 14 heteroatoms. The lowest BCUT2D eigenvalue weighted by atomic mass is 9.70. The zero-order chi connectivity index (χ0) is 35.7. The van der Waals surface area contributed by atoms with E-state index in [1.54, 1.807) is 12.1 Å². The molecule has 51 heavy (non-hydrogen) atoms. The van der Waals surface area contributed by atoms with E-state index in [0.29, 0.717) is 57.9 Å². The monoisotopic (exact) mass is 738 g/mol. The van der Waals surface area contributed by atoms with E-state index in [9.17, 15) is 20.5 Å². The van der Waals surface area contributed by atoms with Crippen molar-refractivity contribution in [2.24, 2.45) is 16.5 Å². The number of anilines is 1. The molecule has 12 nitrogen and oxygen atoms in total. The van der Waals surface area contributed by atoms with E-state index in [4.69, 9.17) is 25.4 Å². The molecule has 274 valence electrons. The molecule has 2 bridgehead atoms.